The van der Waals surface area contributed by atoms with Crippen molar-refractivity contribution in [2.75, 3.05) is 0 Å². The molecular formula is C10H10O2S. The van der Waals surface area contributed by atoms with Crippen molar-refractivity contribution in [2.24, 2.45) is 0 Å². The third kappa shape index (κ3) is 2.56. The molecule has 0 unspecified atom stereocenters. The van der Waals surface area contributed by atoms with E-state index >= 15 is 0 Å². The van der Waals surface area contributed by atoms with Gasteiger partial charge >= 0.3 is 5.97 Å². The lowest BCUT2D eigenvalue weighted by Gasteiger charge is -2.09. The highest BCUT2D eigenvalue weighted by molar-refractivity contribution is 7.10. The average Bonchev–Trinajstić information content (AvgIpc) is 2.66. The minimum Gasteiger partial charge on any atom is -0.449 e. The van der Waals surface area contributed by atoms with Crippen LogP contribution in [0.5, 0.6) is 0 Å². The van der Waals surface area contributed by atoms with Crippen LogP contribution in [0.2, 0.25) is 0 Å². The second-order valence-electron chi connectivity index (χ2n) is 2.31. The highest BCUT2D eigenvalue weighted by Gasteiger charge is 2.11. The van der Waals surface area contributed by atoms with Gasteiger partial charge in [-0.15, -0.1) is 11.3 Å². The maximum Gasteiger partial charge on any atom is 0.331 e. The van der Waals surface area contributed by atoms with Gasteiger partial charge in [0.2, 0.25) is 0 Å². The van der Waals surface area contributed by atoms with Gasteiger partial charge in [-0.3, -0.25) is 0 Å². The van der Waals surface area contributed by atoms with Crippen molar-refractivity contribution >= 4 is 17.3 Å². The Labute approximate surface area is 81.2 Å². The Kier molecular flexibility index (Phi) is 3.46. The summed E-state index contributed by atoms with van der Waals surface area (Å²) in [6.45, 7) is 6.92. The molecule has 0 amide bonds. The molecule has 0 saturated heterocycles. The van der Waals surface area contributed by atoms with Crippen LogP contribution in [-0.4, -0.2) is 5.97 Å². The van der Waals surface area contributed by atoms with Gasteiger partial charge in [0.1, 0.15) is 0 Å². The van der Waals surface area contributed by atoms with E-state index in [9.17, 15) is 4.79 Å². The van der Waals surface area contributed by atoms with Crippen molar-refractivity contribution in [3.05, 3.63) is 47.7 Å². The van der Waals surface area contributed by atoms with Gasteiger partial charge in [0, 0.05) is 11.0 Å². The van der Waals surface area contributed by atoms with Gasteiger partial charge in [-0.25, -0.2) is 4.79 Å². The van der Waals surface area contributed by atoms with Crippen LogP contribution in [0.25, 0.3) is 0 Å². The Hall–Kier alpha value is -1.35. The van der Waals surface area contributed by atoms with E-state index in [2.05, 4.69) is 13.2 Å². The molecule has 0 bridgehead atoms. The SMILES string of the molecule is C=CC(=O)O[C@@H](C=C)c1cccs1. The molecule has 0 aliphatic heterocycles. The Balaban J connectivity index is 2.69. The summed E-state index contributed by atoms with van der Waals surface area (Å²) >= 11 is 1.53. The van der Waals surface area contributed by atoms with Gasteiger partial charge in [0.25, 0.3) is 0 Å². The average molecular weight is 194 g/mol. The van der Waals surface area contributed by atoms with Crippen LogP contribution in [-0.2, 0) is 9.53 Å². The summed E-state index contributed by atoms with van der Waals surface area (Å²) in [7, 11) is 0. The van der Waals surface area contributed by atoms with Gasteiger partial charge < -0.3 is 4.74 Å². The van der Waals surface area contributed by atoms with Crippen LogP contribution in [0.4, 0.5) is 0 Å². The fraction of sp³-hybridized carbons (Fsp3) is 0.100. The zero-order valence-electron chi connectivity index (χ0n) is 7.10. The van der Waals surface area contributed by atoms with Crippen molar-refractivity contribution < 1.29 is 9.53 Å². The topological polar surface area (TPSA) is 26.3 Å². The number of esters is 1. The van der Waals surface area contributed by atoms with Crippen molar-refractivity contribution in [3.63, 3.8) is 0 Å². The number of thiophene rings is 1. The van der Waals surface area contributed by atoms with Crippen molar-refractivity contribution in [1.29, 1.82) is 0 Å². The summed E-state index contributed by atoms with van der Waals surface area (Å²) < 4.78 is 5.03. The monoisotopic (exact) mass is 194 g/mol. The zero-order valence-corrected chi connectivity index (χ0v) is 7.92. The fourth-order valence-corrected chi connectivity index (χ4v) is 1.60. The molecule has 1 aromatic heterocycles. The van der Waals surface area contributed by atoms with Crippen LogP contribution >= 0.6 is 11.3 Å². The molecule has 0 aliphatic carbocycles. The number of carbonyl (C=O) groups is 1. The number of rotatable bonds is 4. The van der Waals surface area contributed by atoms with Crippen molar-refractivity contribution in [1.82, 2.24) is 0 Å². The number of hydrogen-bond acceptors (Lipinski definition) is 3. The maximum atomic E-state index is 10.9. The van der Waals surface area contributed by atoms with Gasteiger partial charge in [0.15, 0.2) is 6.10 Å². The lowest BCUT2D eigenvalue weighted by Crippen LogP contribution is -2.05. The fourth-order valence-electron chi connectivity index (χ4n) is 0.849. The smallest absolute Gasteiger partial charge is 0.331 e. The highest BCUT2D eigenvalue weighted by Crippen LogP contribution is 2.23. The third-order valence-corrected chi connectivity index (χ3v) is 2.38. The number of hydrogen-bond donors (Lipinski definition) is 0. The predicted octanol–water partition coefficient (Wildman–Crippen LogP) is 2.70. The molecule has 1 heterocycles. The lowest BCUT2D eigenvalue weighted by molar-refractivity contribution is -0.141. The summed E-state index contributed by atoms with van der Waals surface area (Å²) in [5.41, 5.74) is 0. The van der Waals surface area contributed by atoms with Crippen LogP contribution in [0.3, 0.4) is 0 Å². The summed E-state index contributed by atoms with van der Waals surface area (Å²) in [5.74, 6) is -0.432. The van der Waals surface area contributed by atoms with E-state index in [-0.39, 0.29) is 6.10 Å². The number of ether oxygens (including phenoxy) is 1. The Morgan fingerprint density at radius 2 is 2.38 bits per heavy atom. The third-order valence-electron chi connectivity index (χ3n) is 1.45. The first kappa shape index (κ1) is 9.74. The van der Waals surface area contributed by atoms with E-state index in [1.54, 1.807) is 6.08 Å². The molecule has 2 nitrogen and oxygen atoms in total. The molecule has 0 aliphatic rings. The molecule has 13 heavy (non-hydrogen) atoms. The van der Waals surface area contributed by atoms with Crippen molar-refractivity contribution in [3.8, 4) is 0 Å². The zero-order chi connectivity index (χ0) is 9.68. The Bertz CT molecular complexity index is 301. The Morgan fingerprint density at radius 3 is 2.85 bits per heavy atom. The summed E-state index contributed by atoms with van der Waals surface area (Å²) in [5, 5.41) is 1.92. The first-order valence-corrected chi connectivity index (χ1v) is 4.65. The van der Waals surface area contributed by atoms with E-state index in [0.717, 1.165) is 11.0 Å². The first-order chi connectivity index (χ1) is 6.27. The minimum atomic E-state index is -0.432. The molecule has 0 fully saturated rings. The molecule has 0 spiro atoms. The molecule has 3 heteroatoms. The van der Waals surface area contributed by atoms with E-state index < -0.39 is 5.97 Å². The minimum absolute atomic E-state index is 0.356. The lowest BCUT2D eigenvalue weighted by atomic mass is 10.3. The number of carbonyl (C=O) groups excluding carboxylic acids is 1. The van der Waals surface area contributed by atoms with E-state index in [4.69, 9.17) is 4.74 Å². The van der Waals surface area contributed by atoms with Gasteiger partial charge in [0.05, 0.1) is 0 Å². The molecule has 1 rings (SSSR count). The van der Waals surface area contributed by atoms with E-state index in [1.807, 2.05) is 17.5 Å². The summed E-state index contributed by atoms with van der Waals surface area (Å²) in [6, 6.07) is 3.80. The second-order valence-corrected chi connectivity index (χ2v) is 3.29. The molecule has 1 atom stereocenters. The van der Waals surface area contributed by atoms with Gasteiger partial charge in [-0.1, -0.05) is 19.2 Å². The molecule has 1 aromatic rings. The molecular weight excluding hydrogens is 184 g/mol. The second kappa shape index (κ2) is 4.62. The molecule has 0 saturated carbocycles. The van der Waals surface area contributed by atoms with Crippen LogP contribution in [0.1, 0.15) is 11.0 Å². The molecule has 68 valence electrons. The molecule has 0 radical (unpaired) electrons. The molecule has 0 N–H and O–H groups in total. The van der Waals surface area contributed by atoms with E-state index in [0.29, 0.717) is 0 Å². The van der Waals surface area contributed by atoms with Gasteiger partial charge in [-0.05, 0) is 17.5 Å². The standard InChI is InChI=1S/C10H10O2S/c1-3-8(12-10(11)4-2)9-6-5-7-13-9/h3-8H,1-2H2/t8-/m0/s1. The summed E-state index contributed by atoms with van der Waals surface area (Å²) in [4.78, 5) is 11.9. The highest BCUT2D eigenvalue weighted by atomic mass is 32.1. The van der Waals surface area contributed by atoms with E-state index in [1.165, 1.54) is 11.3 Å². The van der Waals surface area contributed by atoms with Gasteiger partial charge in [-0.2, -0.15) is 0 Å². The summed E-state index contributed by atoms with van der Waals surface area (Å²) in [6.07, 6.45) is 2.38. The quantitative estimate of drug-likeness (QED) is 0.418. The largest absolute Gasteiger partial charge is 0.449 e. The predicted molar refractivity (Wildman–Crippen MR) is 53.5 cm³/mol. The van der Waals surface area contributed by atoms with Crippen LogP contribution < -0.4 is 0 Å². The first-order valence-electron chi connectivity index (χ1n) is 3.77. The van der Waals surface area contributed by atoms with Crippen molar-refractivity contribution in [2.45, 2.75) is 6.10 Å². The normalized spacial score (nSPS) is 11.7. The van der Waals surface area contributed by atoms with Crippen LogP contribution in [0.15, 0.2) is 42.8 Å². The molecule has 0 aromatic carbocycles. The maximum absolute atomic E-state index is 10.9. The van der Waals surface area contributed by atoms with Crippen LogP contribution in [0, 0.1) is 0 Å². The Morgan fingerprint density at radius 1 is 1.62 bits per heavy atom.